The molecule has 45 heavy (non-hydrogen) atoms. The van der Waals surface area contributed by atoms with E-state index in [-0.39, 0.29) is 29.3 Å². The molecular weight excluding hydrogens is 599 g/mol. The van der Waals surface area contributed by atoms with Crippen molar-refractivity contribution in [2.75, 3.05) is 28.9 Å². The van der Waals surface area contributed by atoms with Crippen LogP contribution in [0.3, 0.4) is 0 Å². The molecule has 1 saturated heterocycles. The maximum Gasteiger partial charge on any atom is 0.407 e. The van der Waals surface area contributed by atoms with E-state index in [1.165, 1.54) is 11.0 Å². The van der Waals surface area contributed by atoms with E-state index in [1.807, 2.05) is 13.0 Å². The minimum atomic E-state index is -3.77. The molecule has 1 aliphatic carbocycles. The van der Waals surface area contributed by atoms with E-state index < -0.39 is 21.9 Å². The second-order valence-corrected chi connectivity index (χ2v) is 13.5. The van der Waals surface area contributed by atoms with Crippen LogP contribution in [0.5, 0.6) is 11.6 Å². The summed E-state index contributed by atoms with van der Waals surface area (Å²) in [6.45, 7) is 2.69. The van der Waals surface area contributed by atoms with Gasteiger partial charge in [-0.25, -0.2) is 32.6 Å². The number of halogens is 1. The predicted octanol–water partition coefficient (Wildman–Crippen LogP) is 6.42. The fraction of sp³-hybridized carbons (Fsp3) is 0.375. The third kappa shape index (κ3) is 6.93. The molecule has 2 aliphatic rings. The lowest BCUT2D eigenvalue weighted by atomic mass is 10.0. The van der Waals surface area contributed by atoms with Gasteiger partial charge in [0, 0.05) is 42.3 Å². The molecule has 2 aromatic carbocycles. The van der Waals surface area contributed by atoms with Crippen LogP contribution in [-0.2, 0) is 10.0 Å². The first kappa shape index (κ1) is 30.5. The Morgan fingerprint density at radius 2 is 1.84 bits per heavy atom. The Labute approximate surface area is 260 Å². The van der Waals surface area contributed by atoms with E-state index in [1.54, 1.807) is 42.7 Å². The number of nitrogens with one attached hydrogen (secondary N) is 2. The molecule has 3 N–H and O–H groups in total. The second kappa shape index (κ2) is 12.8. The number of ether oxygens (including phenoxy) is 1. The highest BCUT2D eigenvalue weighted by Crippen LogP contribution is 2.40. The van der Waals surface area contributed by atoms with Crippen LogP contribution in [0.4, 0.5) is 20.8 Å². The fourth-order valence-electron chi connectivity index (χ4n) is 6.18. The zero-order chi connectivity index (χ0) is 31.6. The smallest absolute Gasteiger partial charge is 0.407 e. The van der Waals surface area contributed by atoms with Crippen molar-refractivity contribution in [1.29, 1.82) is 0 Å². The van der Waals surface area contributed by atoms with Crippen molar-refractivity contribution in [3.05, 3.63) is 66.2 Å². The van der Waals surface area contributed by atoms with Crippen LogP contribution in [0.2, 0.25) is 0 Å². The van der Waals surface area contributed by atoms with Gasteiger partial charge in [0.25, 0.3) is 0 Å². The van der Waals surface area contributed by atoms with E-state index >= 15 is 4.39 Å². The second-order valence-electron chi connectivity index (χ2n) is 11.7. The molecule has 3 heterocycles. The number of benzene rings is 2. The Balaban J connectivity index is 1.29. The van der Waals surface area contributed by atoms with Crippen molar-refractivity contribution in [3.8, 4) is 22.9 Å². The van der Waals surface area contributed by atoms with Gasteiger partial charge in [0.1, 0.15) is 11.6 Å². The van der Waals surface area contributed by atoms with Crippen LogP contribution < -0.4 is 14.8 Å². The molecule has 11 nitrogen and oxygen atoms in total. The molecule has 6 rings (SSSR count). The molecule has 236 valence electrons. The third-order valence-electron chi connectivity index (χ3n) is 8.41. The molecule has 4 aromatic rings. The Bertz CT molecular complexity index is 1830. The monoisotopic (exact) mass is 634 g/mol. The number of aryl methyl sites for hydroxylation is 1. The van der Waals surface area contributed by atoms with Gasteiger partial charge in [0.05, 0.1) is 22.7 Å². The molecule has 1 aliphatic heterocycles. The van der Waals surface area contributed by atoms with Crippen LogP contribution in [0.1, 0.15) is 44.1 Å². The van der Waals surface area contributed by atoms with Gasteiger partial charge in [0.2, 0.25) is 21.9 Å². The fourth-order valence-corrected chi connectivity index (χ4v) is 7.73. The van der Waals surface area contributed by atoms with Crippen molar-refractivity contribution in [1.82, 2.24) is 19.9 Å². The number of carboxylic acid groups (broad SMARTS) is 1. The van der Waals surface area contributed by atoms with Crippen molar-refractivity contribution in [2.45, 2.75) is 51.5 Å². The van der Waals surface area contributed by atoms with Gasteiger partial charge in [-0.15, -0.1) is 0 Å². The SMILES string of the molecule is Cc1ccc2c(NS(=O)(=O)CC3CCCC3)c(F)ccc2c1Oc1ncccc1-c1ccnc(N[C@H]2CCCN(C(=O)O)C2)n1. The largest absolute Gasteiger partial charge is 0.465 e. The zero-order valence-electron chi connectivity index (χ0n) is 24.9. The Hall–Kier alpha value is -4.52. The van der Waals surface area contributed by atoms with Gasteiger partial charge >= 0.3 is 6.09 Å². The average molecular weight is 635 g/mol. The molecule has 2 aromatic heterocycles. The number of sulfonamides is 1. The molecule has 2 fully saturated rings. The Morgan fingerprint density at radius 3 is 2.64 bits per heavy atom. The molecule has 1 saturated carbocycles. The lowest BCUT2D eigenvalue weighted by molar-refractivity contribution is 0.132. The summed E-state index contributed by atoms with van der Waals surface area (Å²) in [5.41, 5.74) is 1.75. The standard InChI is InChI=1S/C32H35FN6O5S/c1-20-10-11-23-24(12-13-26(33)28(23)38-45(42,43)19-21-6-2-3-7-21)29(20)44-30-25(9-4-15-34-30)27-14-16-35-31(37-27)36-22-8-5-17-39(18-22)32(40)41/h4,9-16,21-22,38H,2-3,5-8,17-19H2,1H3,(H,40,41)(H,35,36,37)/t22-/m0/s1. The van der Waals surface area contributed by atoms with Gasteiger partial charge in [-0.3, -0.25) is 4.72 Å². The number of nitrogens with zero attached hydrogens (tertiary/aromatic N) is 4. The number of anilines is 2. The number of aromatic nitrogens is 3. The summed E-state index contributed by atoms with van der Waals surface area (Å²) < 4.78 is 50.1. The van der Waals surface area contributed by atoms with E-state index in [9.17, 15) is 18.3 Å². The number of piperidine rings is 1. The zero-order valence-corrected chi connectivity index (χ0v) is 25.7. The van der Waals surface area contributed by atoms with Crippen LogP contribution in [-0.4, -0.2) is 64.4 Å². The van der Waals surface area contributed by atoms with E-state index in [2.05, 4.69) is 25.0 Å². The first-order chi connectivity index (χ1) is 21.7. The number of hydrogen-bond donors (Lipinski definition) is 3. The summed E-state index contributed by atoms with van der Waals surface area (Å²) in [4.78, 5) is 26.3. The average Bonchev–Trinajstić information content (AvgIpc) is 3.52. The summed E-state index contributed by atoms with van der Waals surface area (Å²) in [6, 6.07) is 11.4. The van der Waals surface area contributed by atoms with E-state index in [4.69, 9.17) is 4.74 Å². The quantitative estimate of drug-likeness (QED) is 0.190. The van der Waals surface area contributed by atoms with Crippen LogP contribution in [0.15, 0.2) is 54.9 Å². The molecule has 13 heteroatoms. The number of rotatable bonds is 9. The maximum atomic E-state index is 15.1. The highest BCUT2D eigenvalue weighted by Gasteiger charge is 2.26. The molecule has 0 radical (unpaired) electrons. The molecule has 1 amide bonds. The number of carbonyl (C=O) groups is 1. The summed E-state index contributed by atoms with van der Waals surface area (Å²) in [5.74, 6) is 0.377. The topological polar surface area (TPSA) is 147 Å². The van der Waals surface area contributed by atoms with E-state index in [0.717, 1.165) is 44.1 Å². The predicted molar refractivity (Wildman–Crippen MR) is 170 cm³/mol. The first-order valence-electron chi connectivity index (χ1n) is 15.1. The molecule has 0 spiro atoms. The van der Waals surface area contributed by atoms with Crippen molar-refractivity contribution in [2.24, 2.45) is 5.92 Å². The van der Waals surface area contributed by atoms with Gasteiger partial charge in [-0.2, -0.15) is 0 Å². The lowest BCUT2D eigenvalue weighted by Crippen LogP contribution is -2.44. The summed E-state index contributed by atoms with van der Waals surface area (Å²) >= 11 is 0. The molecule has 0 bridgehead atoms. The molecular formula is C32H35FN6O5S. The number of fused-ring (bicyclic) bond motifs is 1. The van der Waals surface area contributed by atoms with Crippen molar-refractivity contribution >= 4 is 38.5 Å². The lowest BCUT2D eigenvalue weighted by Gasteiger charge is -2.31. The van der Waals surface area contributed by atoms with Gasteiger partial charge in [-0.1, -0.05) is 25.0 Å². The summed E-state index contributed by atoms with van der Waals surface area (Å²) in [7, 11) is -3.77. The highest BCUT2D eigenvalue weighted by atomic mass is 32.2. The van der Waals surface area contributed by atoms with Gasteiger partial charge < -0.3 is 20.1 Å². The number of likely N-dealkylation sites (tertiary alicyclic amines) is 1. The summed E-state index contributed by atoms with van der Waals surface area (Å²) in [6.07, 6.45) is 7.51. The summed E-state index contributed by atoms with van der Waals surface area (Å²) in [5, 5.41) is 13.5. The van der Waals surface area contributed by atoms with Crippen LogP contribution >= 0.6 is 0 Å². The molecule has 1 atom stereocenters. The normalized spacial score (nSPS) is 17.4. The maximum absolute atomic E-state index is 15.1. The van der Waals surface area contributed by atoms with E-state index in [0.29, 0.717) is 46.8 Å². The molecule has 0 unspecified atom stereocenters. The minimum absolute atomic E-state index is 0.0380. The van der Waals surface area contributed by atoms with Crippen molar-refractivity contribution in [3.63, 3.8) is 0 Å². The number of hydrogen-bond acceptors (Lipinski definition) is 8. The van der Waals surface area contributed by atoms with Crippen LogP contribution in [0, 0.1) is 18.7 Å². The Kier molecular flexibility index (Phi) is 8.70. The highest BCUT2D eigenvalue weighted by molar-refractivity contribution is 7.92. The number of pyridine rings is 1. The number of amides is 1. The Morgan fingerprint density at radius 1 is 1.04 bits per heavy atom. The van der Waals surface area contributed by atoms with Gasteiger partial charge in [-0.05, 0) is 74.4 Å². The third-order valence-corrected chi connectivity index (χ3v) is 9.84. The first-order valence-corrected chi connectivity index (χ1v) is 16.7. The minimum Gasteiger partial charge on any atom is -0.465 e. The van der Waals surface area contributed by atoms with Crippen LogP contribution in [0.25, 0.3) is 22.0 Å². The van der Waals surface area contributed by atoms with Crippen molar-refractivity contribution < 1.29 is 27.4 Å². The van der Waals surface area contributed by atoms with Gasteiger partial charge in [0.15, 0.2) is 0 Å².